The topological polar surface area (TPSA) is 98.3 Å². The molecule has 0 spiro atoms. The van der Waals surface area contributed by atoms with Gasteiger partial charge in [0.2, 0.25) is 11.8 Å². The molecule has 1 fully saturated rings. The van der Waals surface area contributed by atoms with Crippen molar-refractivity contribution in [3.63, 3.8) is 0 Å². The van der Waals surface area contributed by atoms with Crippen molar-refractivity contribution >= 4 is 22.9 Å². The number of hydrogen-bond acceptors (Lipinski definition) is 7. The lowest BCUT2D eigenvalue weighted by Gasteiger charge is -2.27. The number of imidazole rings is 1. The molecule has 1 aliphatic rings. The van der Waals surface area contributed by atoms with Crippen LogP contribution in [-0.2, 0) is 24.6 Å². The van der Waals surface area contributed by atoms with Gasteiger partial charge in [0.05, 0.1) is 24.2 Å². The number of aryl methyl sites for hydroxylation is 2. The summed E-state index contributed by atoms with van der Waals surface area (Å²) in [6, 6.07) is 5.60. The maximum Gasteiger partial charge on any atom is 0.251 e. The zero-order chi connectivity index (χ0) is 19.5. The van der Waals surface area contributed by atoms with Crippen molar-refractivity contribution in [2.75, 3.05) is 37.7 Å². The number of benzene rings is 1. The van der Waals surface area contributed by atoms with E-state index >= 15 is 0 Å². The maximum atomic E-state index is 12.5. The van der Waals surface area contributed by atoms with Gasteiger partial charge >= 0.3 is 0 Å². The number of nitrogens with one attached hydrogen (secondary N) is 1. The van der Waals surface area contributed by atoms with E-state index in [2.05, 4.69) is 24.9 Å². The lowest BCUT2D eigenvalue weighted by molar-refractivity contribution is 0.0954. The highest BCUT2D eigenvalue weighted by atomic mass is 16.5. The van der Waals surface area contributed by atoms with Crippen LogP contribution in [-0.4, -0.2) is 58.4 Å². The van der Waals surface area contributed by atoms with Gasteiger partial charge in [-0.3, -0.25) is 4.79 Å². The van der Waals surface area contributed by atoms with Crippen molar-refractivity contribution in [2.45, 2.75) is 19.8 Å². The maximum absolute atomic E-state index is 12.5. The fourth-order valence-corrected chi connectivity index (χ4v) is 3.30. The largest absolute Gasteiger partial charge is 0.378 e. The van der Waals surface area contributed by atoms with Crippen molar-refractivity contribution in [1.29, 1.82) is 0 Å². The van der Waals surface area contributed by atoms with Gasteiger partial charge in [-0.2, -0.15) is 4.98 Å². The minimum atomic E-state index is -0.139. The molecule has 0 radical (unpaired) electrons. The molecule has 1 amide bonds. The van der Waals surface area contributed by atoms with E-state index < -0.39 is 0 Å². The molecule has 1 saturated heterocycles. The van der Waals surface area contributed by atoms with Gasteiger partial charge in [-0.05, 0) is 18.2 Å². The van der Waals surface area contributed by atoms with Crippen LogP contribution in [0.5, 0.6) is 0 Å². The molecule has 148 valence electrons. The first-order chi connectivity index (χ1) is 13.7. The van der Waals surface area contributed by atoms with Crippen molar-refractivity contribution in [2.24, 2.45) is 7.05 Å². The van der Waals surface area contributed by atoms with E-state index in [1.807, 2.05) is 32.2 Å². The van der Waals surface area contributed by atoms with Crippen molar-refractivity contribution < 1.29 is 14.1 Å². The van der Waals surface area contributed by atoms with Crippen LogP contribution in [0.15, 0.2) is 22.7 Å². The number of ether oxygens (including phenoxy) is 1. The molecule has 1 N–H and O–H groups in total. The van der Waals surface area contributed by atoms with Crippen molar-refractivity contribution in [3.05, 3.63) is 35.5 Å². The Morgan fingerprint density at radius 3 is 2.82 bits per heavy atom. The Kier molecular flexibility index (Phi) is 5.25. The summed E-state index contributed by atoms with van der Waals surface area (Å²) in [6.07, 6.45) is 1.23. The molecule has 0 unspecified atom stereocenters. The molecule has 9 heteroatoms. The van der Waals surface area contributed by atoms with E-state index in [0.717, 1.165) is 30.1 Å². The summed E-state index contributed by atoms with van der Waals surface area (Å²) in [6.45, 7) is 5.45. The van der Waals surface area contributed by atoms with Crippen LogP contribution >= 0.6 is 0 Å². The highest BCUT2D eigenvalue weighted by Gasteiger charge is 2.18. The third kappa shape index (κ3) is 3.70. The fourth-order valence-electron chi connectivity index (χ4n) is 3.30. The van der Waals surface area contributed by atoms with E-state index in [9.17, 15) is 4.79 Å². The van der Waals surface area contributed by atoms with E-state index in [1.165, 1.54) is 0 Å². The Morgan fingerprint density at radius 2 is 2.07 bits per heavy atom. The van der Waals surface area contributed by atoms with Crippen LogP contribution < -0.4 is 10.2 Å². The van der Waals surface area contributed by atoms with Crippen LogP contribution in [0.1, 0.15) is 29.0 Å². The van der Waals surface area contributed by atoms with Crippen LogP contribution in [0, 0.1) is 0 Å². The Morgan fingerprint density at radius 1 is 1.25 bits per heavy atom. The lowest BCUT2D eigenvalue weighted by Crippen LogP contribution is -2.37. The molecule has 0 bridgehead atoms. The highest BCUT2D eigenvalue weighted by Crippen LogP contribution is 2.23. The number of carbonyl (C=O) groups excluding carboxylic acids is 1. The summed E-state index contributed by atoms with van der Waals surface area (Å²) in [5.74, 6) is 1.98. The van der Waals surface area contributed by atoms with Crippen LogP contribution in [0.4, 0.5) is 5.95 Å². The van der Waals surface area contributed by atoms with Gasteiger partial charge in [-0.1, -0.05) is 12.1 Å². The highest BCUT2D eigenvalue weighted by molar-refractivity contribution is 5.97. The summed E-state index contributed by atoms with van der Waals surface area (Å²) >= 11 is 0. The third-order valence-corrected chi connectivity index (χ3v) is 4.86. The number of fused-ring (bicyclic) bond motifs is 1. The second kappa shape index (κ2) is 7.97. The first-order valence-corrected chi connectivity index (χ1v) is 9.54. The predicted molar refractivity (Wildman–Crippen MR) is 103 cm³/mol. The molecular formula is C19H24N6O3. The Hall–Kier alpha value is -2.94. The number of nitrogens with zero attached hydrogens (tertiary/aromatic N) is 5. The summed E-state index contributed by atoms with van der Waals surface area (Å²) in [5, 5.41) is 6.79. The smallest absolute Gasteiger partial charge is 0.251 e. The monoisotopic (exact) mass is 384 g/mol. The van der Waals surface area contributed by atoms with E-state index in [1.54, 1.807) is 0 Å². The van der Waals surface area contributed by atoms with Gasteiger partial charge in [0, 0.05) is 45.1 Å². The normalized spacial score (nSPS) is 14.6. The third-order valence-electron chi connectivity index (χ3n) is 4.86. The van der Waals surface area contributed by atoms with Gasteiger partial charge in [0.25, 0.3) is 5.91 Å². The Balaban J connectivity index is 1.43. The van der Waals surface area contributed by atoms with Gasteiger partial charge in [-0.25, -0.2) is 4.98 Å². The SMILES string of the molecule is CCc1nc(CCNC(=O)c2ccc3c(c2)nc(N2CCOCC2)n3C)no1. The van der Waals surface area contributed by atoms with Crippen molar-refractivity contribution in [1.82, 2.24) is 25.0 Å². The Labute approximate surface area is 162 Å². The van der Waals surface area contributed by atoms with Crippen LogP contribution in [0.3, 0.4) is 0 Å². The fraction of sp³-hybridized carbons (Fsp3) is 0.474. The second-order valence-electron chi connectivity index (χ2n) is 6.74. The number of anilines is 1. The zero-order valence-electron chi connectivity index (χ0n) is 16.1. The molecule has 1 aliphatic heterocycles. The minimum absolute atomic E-state index is 0.139. The lowest BCUT2D eigenvalue weighted by atomic mass is 10.2. The number of morpholine rings is 1. The molecule has 3 heterocycles. The summed E-state index contributed by atoms with van der Waals surface area (Å²) in [7, 11) is 2.00. The molecule has 0 saturated carbocycles. The Bertz CT molecular complexity index is 973. The second-order valence-corrected chi connectivity index (χ2v) is 6.74. The average Bonchev–Trinajstić information content (AvgIpc) is 3.32. The molecule has 0 atom stereocenters. The van der Waals surface area contributed by atoms with Gasteiger partial charge < -0.3 is 24.0 Å². The number of rotatable bonds is 6. The molecule has 0 aliphatic carbocycles. The molecule has 1 aromatic carbocycles. The molecule has 28 heavy (non-hydrogen) atoms. The first-order valence-electron chi connectivity index (χ1n) is 9.54. The van der Waals surface area contributed by atoms with E-state index in [0.29, 0.717) is 49.9 Å². The molecule has 4 rings (SSSR count). The first kappa shape index (κ1) is 18.4. The number of amides is 1. The number of hydrogen-bond donors (Lipinski definition) is 1. The molecular weight excluding hydrogens is 360 g/mol. The zero-order valence-corrected chi connectivity index (χ0v) is 16.1. The van der Waals surface area contributed by atoms with Gasteiger partial charge in [0.1, 0.15) is 0 Å². The van der Waals surface area contributed by atoms with Gasteiger partial charge in [-0.15, -0.1) is 0 Å². The molecule has 3 aromatic rings. The van der Waals surface area contributed by atoms with E-state index in [4.69, 9.17) is 14.2 Å². The minimum Gasteiger partial charge on any atom is -0.378 e. The predicted octanol–water partition coefficient (Wildman–Crippen LogP) is 1.33. The average molecular weight is 384 g/mol. The van der Waals surface area contributed by atoms with Crippen LogP contribution in [0.2, 0.25) is 0 Å². The number of carbonyl (C=O) groups is 1. The summed E-state index contributed by atoms with van der Waals surface area (Å²) in [5.41, 5.74) is 2.39. The standard InChI is InChI=1S/C19H24N6O3/c1-3-17-22-16(23-28-17)6-7-20-18(26)13-4-5-15-14(12-13)21-19(24(15)2)25-8-10-27-11-9-25/h4-5,12H,3,6-11H2,1-2H3,(H,20,26). The van der Waals surface area contributed by atoms with Crippen LogP contribution in [0.25, 0.3) is 11.0 Å². The molecule has 2 aromatic heterocycles. The quantitative estimate of drug-likeness (QED) is 0.684. The summed E-state index contributed by atoms with van der Waals surface area (Å²) < 4.78 is 12.5. The van der Waals surface area contributed by atoms with Crippen molar-refractivity contribution in [3.8, 4) is 0 Å². The van der Waals surface area contributed by atoms with E-state index in [-0.39, 0.29) is 5.91 Å². The van der Waals surface area contributed by atoms with Gasteiger partial charge in [0.15, 0.2) is 5.82 Å². The molecule has 9 nitrogen and oxygen atoms in total. The summed E-state index contributed by atoms with van der Waals surface area (Å²) in [4.78, 5) is 23.7. The number of aromatic nitrogens is 4.